The first kappa shape index (κ1) is 19.5. The molecule has 0 fully saturated rings. The Morgan fingerprint density at radius 3 is 1.50 bits per heavy atom. The van der Waals surface area contributed by atoms with Gasteiger partial charge in [0.1, 0.15) is 0 Å². The normalized spacial score (nSPS) is 13.1. The summed E-state index contributed by atoms with van der Waals surface area (Å²) in [6.07, 6.45) is 20.2. The first-order valence-corrected chi connectivity index (χ1v) is 8.80. The lowest BCUT2D eigenvalue weighted by molar-refractivity contribution is 0.205. The number of hydrogen-bond donors (Lipinski definition) is 2. The van der Waals surface area contributed by atoms with E-state index in [4.69, 9.17) is 5.11 Å². The Labute approximate surface area is 126 Å². The second-order valence-corrected chi connectivity index (χ2v) is 5.94. The minimum absolute atomic E-state index is 0.465. The molecule has 0 aliphatic carbocycles. The fourth-order valence-corrected chi connectivity index (χ4v) is 2.57. The van der Waals surface area contributed by atoms with Crippen molar-refractivity contribution < 1.29 is 10.2 Å². The third-order valence-corrected chi connectivity index (χ3v) is 3.91. The molecule has 1 unspecified atom stereocenters. The molecule has 0 amide bonds. The van der Waals surface area contributed by atoms with Crippen LogP contribution in [0.3, 0.4) is 0 Å². The largest absolute Gasteiger partial charge is 0.516 e. The fraction of sp³-hybridized carbons (Fsp3) is 0.889. The third kappa shape index (κ3) is 15.6. The molecule has 0 saturated heterocycles. The van der Waals surface area contributed by atoms with Crippen LogP contribution in [-0.2, 0) is 0 Å². The lowest BCUT2D eigenvalue weighted by atomic mass is 10.0. The Morgan fingerprint density at radius 1 is 0.700 bits per heavy atom. The molecule has 0 saturated carbocycles. The highest BCUT2D eigenvalue weighted by atomic mass is 16.3. The third-order valence-electron chi connectivity index (χ3n) is 3.91. The highest BCUT2D eigenvalue weighted by Crippen LogP contribution is 2.13. The van der Waals surface area contributed by atoms with Crippen LogP contribution in [0.5, 0.6) is 0 Å². The zero-order valence-corrected chi connectivity index (χ0v) is 13.5. The molecule has 0 spiro atoms. The average molecular weight is 284 g/mol. The summed E-state index contributed by atoms with van der Waals surface area (Å²) in [7, 11) is 0. The van der Waals surface area contributed by atoms with Crippen LogP contribution in [0, 0.1) is 0 Å². The van der Waals surface area contributed by atoms with E-state index in [1.165, 1.54) is 83.1 Å². The first-order valence-electron chi connectivity index (χ1n) is 8.80. The van der Waals surface area contributed by atoms with Gasteiger partial charge >= 0.3 is 0 Å². The molecule has 0 radical (unpaired) electrons. The van der Waals surface area contributed by atoms with Crippen LogP contribution in [0.15, 0.2) is 12.3 Å². The van der Waals surface area contributed by atoms with Crippen LogP contribution in [0.4, 0.5) is 0 Å². The quantitative estimate of drug-likeness (QED) is 0.290. The van der Waals surface area contributed by atoms with Gasteiger partial charge in [-0.15, -0.1) is 0 Å². The van der Waals surface area contributed by atoms with Crippen molar-refractivity contribution in [2.75, 3.05) is 0 Å². The Kier molecular flexibility index (Phi) is 16.1. The van der Waals surface area contributed by atoms with Gasteiger partial charge in [-0.05, 0) is 12.5 Å². The van der Waals surface area contributed by atoms with Gasteiger partial charge in [-0.2, -0.15) is 0 Å². The molecule has 0 aliphatic heterocycles. The highest BCUT2D eigenvalue weighted by Gasteiger charge is 1.98. The van der Waals surface area contributed by atoms with Gasteiger partial charge in [0.2, 0.25) is 0 Å². The number of hydrogen-bond acceptors (Lipinski definition) is 2. The molecule has 120 valence electrons. The lowest BCUT2D eigenvalue weighted by Gasteiger charge is -2.05. The standard InChI is InChI=1S/C18H36O2/c1-2-3-4-5-6-7-8-9-10-11-12-13-14-15-18(20)16-17-19/h16-20H,2-15H2,1H3. The summed E-state index contributed by atoms with van der Waals surface area (Å²) in [5.74, 6) is 0. The number of aliphatic hydroxyl groups excluding tert-OH is 2. The van der Waals surface area contributed by atoms with Gasteiger partial charge in [-0.25, -0.2) is 0 Å². The van der Waals surface area contributed by atoms with Gasteiger partial charge in [0.25, 0.3) is 0 Å². The summed E-state index contributed by atoms with van der Waals surface area (Å²) in [4.78, 5) is 0. The Bertz CT molecular complexity index is 202. The lowest BCUT2D eigenvalue weighted by Crippen LogP contribution is -2.01. The van der Waals surface area contributed by atoms with Crippen molar-refractivity contribution in [3.8, 4) is 0 Å². The summed E-state index contributed by atoms with van der Waals surface area (Å²) in [5.41, 5.74) is 0. The van der Waals surface area contributed by atoms with Crippen LogP contribution >= 0.6 is 0 Å². The number of unbranched alkanes of at least 4 members (excludes halogenated alkanes) is 12. The van der Waals surface area contributed by atoms with Crippen molar-refractivity contribution in [2.24, 2.45) is 0 Å². The topological polar surface area (TPSA) is 40.5 Å². The molecule has 0 aliphatic rings. The SMILES string of the molecule is CCCCCCCCCCCCCCCC(O)C=CO. The molecule has 0 rings (SSSR count). The zero-order valence-electron chi connectivity index (χ0n) is 13.5. The molecular formula is C18H36O2. The van der Waals surface area contributed by atoms with Gasteiger partial charge in [0.05, 0.1) is 12.4 Å². The van der Waals surface area contributed by atoms with E-state index in [0.717, 1.165) is 19.1 Å². The predicted molar refractivity (Wildman–Crippen MR) is 88.1 cm³/mol. The van der Waals surface area contributed by atoms with E-state index in [9.17, 15) is 5.11 Å². The number of rotatable bonds is 15. The van der Waals surface area contributed by atoms with Crippen LogP contribution in [-0.4, -0.2) is 16.3 Å². The van der Waals surface area contributed by atoms with Crippen molar-refractivity contribution >= 4 is 0 Å². The minimum atomic E-state index is -0.465. The second-order valence-electron chi connectivity index (χ2n) is 5.94. The van der Waals surface area contributed by atoms with Crippen LogP contribution in [0.2, 0.25) is 0 Å². The van der Waals surface area contributed by atoms with E-state index in [1.54, 1.807) is 0 Å². The summed E-state index contributed by atoms with van der Waals surface area (Å²) >= 11 is 0. The molecule has 20 heavy (non-hydrogen) atoms. The van der Waals surface area contributed by atoms with Gasteiger partial charge < -0.3 is 10.2 Å². The summed E-state index contributed by atoms with van der Waals surface area (Å²) in [5, 5.41) is 17.9. The molecule has 0 bridgehead atoms. The maximum atomic E-state index is 9.38. The van der Waals surface area contributed by atoms with E-state index in [1.807, 2.05) is 0 Å². The van der Waals surface area contributed by atoms with Crippen LogP contribution < -0.4 is 0 Å². The molecule has 1 atom stereocenters. The van der Waals surface area contributed by atoms with Crippen molar-refractivity contribution in [3.05, 3.63) is 12.3 Å². The molecule has 0 aromatic heterocycles. The second kappa shape index (κ2) is 16.6. The maximum absolute atomic E-state index is 9.38. The molecule has 0 aromatic carbocycles. The predicted octanol–water partition coefficient (Wildman–Crippen LogP) is 5.90. The molecule has 0 aromatic rings. The molecule has 0 heterocycles. The smallest absolute Gasteiger partial charge is 0.0777 e. The monoisotopic (exact) mass is 284 g/mol. The minimum Gasteiger partial charge on any atom is -0.516 e. The van der Waals surface area contributed by atoms with E-state index in [-0.39, 0.29) is 0 Å². The molecule has 2 nitrogen and oxygen atoms in total. The highest BCUT2D eigenvalue weighted by molar-refractivity contribution is 4.81. The molecular weight excluding hydrogens is 248 g/mol. The van der Waals surface area contributed by atoms with Crippen molar-refractivity contribution in [1.82, 2.24) is 0 Å². The van der Waals surface area contributed by atoms with E-state index in [2.05, 4.69) is 6.92 Å². The fourth-order valence-electron chi connectivity index (χ4n) is 2.57. The van der Waals surface area contributed by atoms with Gasteiger partial charge in [-0.1, -0.05) is 90.4 Å². The van der Waals surface area contributed by atoms with Crippen LogP contribution in [0.1, 0.15) is 96.8 Å². The van der Waals surface area contributed by atoms with Crippen molar-refractivity contribution in [1.29, 1.82) is 0 Å². The summed E-state index contributed by atoms with van der Waals surface area (Å²) in [6.45, 7) is 2.27. The van der Waals surface area contributed by atoms with Gasteiger partial charge in [-0.3, -0.25) is 0 Å². The van der Waals surface area contributed by atoms with Gasteiger partial charge in [0.15, 0.2) is 0 Å². The Balaban J connectivity index is 3.02. The molecule has 2 heteroatoms. The first-order chi connectivity index (χ1) is 9.81. The number of aliphatic hydroxyl groups is 2. The van der Waals surface area contributed by atoms with E-state index < -0.39 is 6.10 Å². The van der Waals surface area contributed by atoms with E-state index in [0.29, 0.717) is 0 Å². The van der Waals surface area contributed by atoms with Crippen LogP contribution in [0.25, 0.3) is 0 Å². The Morgan fingerprint density at radius 2 is 1.10 bits per heavy atom. The zero-order chi connectivity index (χ0) is 14.9. The summed E-state index contributed by atoms with van der Waals surface area (Å²) < 4.78 is 0. The van der Waals surface area contributed by atoms with Crippen molar-refractivity contribution in [3.63, 3.8) is 0 Å². The average Bonchev–Trinajstić information content (AvgIpc) is 2.44. The summed E-state index contributed by atoms with van der Waals surface area (Å²) in [6, 6.07) is 0. The van der Waals surface area contributed by atoms with Crippen molar-refractivity contribution in [2.45, 2.75) is 103 Å². The molecule has 2 N–H and O–H groups in total. The Hall–Kier alpha value is -0.500. The van der Waals surface area contributed by atoms with E-state index >= 15 is 0 Å². The maximum Gasteiger partial charge on any atom is 0.0777 e. The van der Waals surface area contributed by atoms with Gasteiger partial charge in [0, 0.05) is 0 Å².